The van der Waals surface area contributed by atoms with Crippen LogP contribution in [0.15, 0.2) is 72.8 Å². The third-order valence-electron chi connectivity index (χ3n) is 8.83. The fourth-order valence-electron chi connectivity index (χ4n) is 5.59. The van der Waals surface area contributed by atoms with Gasteiger partial charge >= 0.3 is 5.92 Å². The number of halogens is 3. The monoisotopic (exact) mass is 705 g/mol. The van der Waals surface area contributed by atoms with E-state index < -0.39 is 55.5 Å². The summed E-state index contributed by atoms with van der Waals surface area (Å²) < 4.78 is 46.4. The summed E-state index contributed by atoms with van der Waals surface area (Å²) in [7, 11) is -0.138. The number of nitriles is 1. The second kappa shape index (κ2) is 16.6. The van der Waals surface area contributed by atoms with Crippen molar-refractivity contribution in [2.45, 2.75) is 50.4 Å². The summed E-state index contributed by atoms with van der Waals surface area (Å²) in [6.07, 6.45) is 0.151. The molecule has 1 saturated heterocycles. The molecule has 1 aliphatic rings. The Morgan fingerprint density at radius 3 is 2.26 bits per heavy atom. The second-order valence-corrected chi connectivity index (χ2v) is 14.8. The summed E-state index contributed by atoms with van der Waals surface area (Å²) in [5, 5.41) is 17.2. The maximum Gasteiger partial charge on any atom is 0.349 e. The highest BCUT2D eigenvalue weighted by Gasteiger charge is 2.44. The van der Waals surface area contributed by atoms with Crippen molar-refractivity contribution in [1.29, 1.82) is 5.26 Å². The molecule has 1 unspecified atom stereocenters. The maximum atomic E-state index is 15.7. The van der Waals surface area contributed by atoms with Gasteiger partial charge in [0.15, 0.2) is 0 Å². The van der Waals surface area contributed by atoms with Crippen LogP contribution in [0.3, 0.4) is 0 Å². The van der Waals surface area contributed by atoms with Crippen LogP contribution in [0.1, 0.15) is 42.9 Å². The molecule has 50 heavy (non-hydrogen) atoms. The van der Waals surface area contributed by atoms with Gasteiger partial charge in [-0.1, -0.05) is 74.1 Å². The molecule has 14 heteroatoms. The number of amides is 4. The van der Waals surface area contributed by atoms with E-state index >= 15 is 13.2 Å². The van der Waals surface area contributed by atoms with E-state index in [4.69, 9.17) is 5.26 Å². The zero-order valence-corrected chi connectivity index (χ0v) is 29.3. The molecule has 10 nitrogen and oxygen atoms in total. The molecule has 0 aromatic heterocycles. The Bertz CT molecular complexity index is 1750. The summed E-state index contributed by atoms with van der Waals surface area (Å²) in [5.41, 5.74) is -2.12. The van der Waals surface area contributed by atoms with E-state index in [2.05, 4.69) is 20.9 Å². The van der Waals surface area contributed by atoms with Crippen molar-refractivity contribution in [3.63, 3.8) is 0 Å². The number of benzene rings is 3. The van der Waals surface area contributed by atoms with E-state index in [1.54, 1.807) is 61.7 Å². The number of nitrogens with one attached hydrogen (secondary N) is 3. The highest BCUT2D eigenvalue weighted by molar-refractivity contribution is 6.77. The number of alkyl halides is 2. The van der Waals surface area contributed by atoms with E-state index in [9.17, 15) is 19.2 Å². The molecule has 0 bridgehead atoms. The molecule has 3 aromatic carbocycles. The van der Waals surface area contributed by atoms with Crippen molar-refractivity contribution in [1.82, 2.24) is 20.4 Å². The van der Waals surface area contributed by atoms with Gasteiger partial charge in [0.25, 0.3) is 5.91 Å². The van der Waals surface area contributed by atoms with Gasteiger partial charge in [0, 0.05) is 44.1 Å². The quantitative estimate of drug-likeness (QED) is 0.248. The molecule has 1 radical (unpaired) electrons. The normalized spacial score (nSPS) is 15.4. The summed E-state index contributed by atoms with van der Waals surface area (Å²) in [4.78, 5) is 56.5. The molecule has 0 aliphatic carbocycles. The first kappa shape index (κ1) is 37.8. The number of anilines is 1. The summed E-state index contributed by atoms with van der Waals surface area (Å²) in [6, 6.07) is 17.8. The molecule has 0 spiro atoms. The molecule has 1 fully saturated rings. The van der Waals surface area contributed by atoms with E-state index in [1.807, 2.05) is 7.05 Å². The van der Waals surface area contributed by atoms with Crippen molar-refractivity contribution in [2.75, 3.05) is 38.5 Å². The molecule has 3 aromatic rings. The van der Waals surface area contributed by atoms with Crippen LogP contribution in [0.2, 0.25) is 6.55 Å². The van der Waals surface area contributed by atoms with Crippen LogP contribution in [0.25, 0.3) is 0 Å². The topological polar surface area (TPSA) is 135 Å². The lowest BCUT2D eigenvalue weighted by molar-refractivity contribution is -0.148. The molecule has 3 atom stereocenters. The Balaban J connectivity index is 1.58. The minimum Gasteiger partial charge on any atom is -0.344 e. The number of carbonyl (C=O) groups excluding carboxylic acids is 4. The van der Waals surface area contributed by atoms with Gasteiger partial charge in [-0.2, -0.15) is 14.0 Å². The molecule has 263 valence electrons. The average molecular weight is 706 g/mol. The predicted octanol–water partition coefficient (Wildman–Crippen LogP) is 3.26. The molecule has 0 saturated carbocycles. The summed E-state index contributed by atoms with van der Waals surface area (Å²) in [5.74, 6) is -8.85. The van der Waals surface area contributed by atoms with Gasteiger partial charge in [0.1, 0.15) is 26.3 Å². The molecular formula is C36H40F3N6O4Si. The van der Waals surface area contributed by atoms with E-state index in [0.717, 1.165) is 18.2 Å². The van der Waals surface area contributed by atoms with Crippen molar-refractivity contribution in [2.24, 2.45) is 0 Å². The number of likely N-dealkylation sites (N-methyl/N-ethyl adjacent to an activating group) is 1. The second-order valence-electron chi connectivity index (χ2n) is 12.3. The van der Waals surface area contributed by atoms with E-state index in [-0.39, 0.29) is 29.5 Å². The fraction of sp³-hybridized carbons (Fsp3) is 0.361. The molecule has 1 heterocycles. The zero-order chi connectivity index (χ0) is 36.6. The van der Waals surface area contributed by atoms with Gasteiger partial charge in [-0.15, -0.1) is 0 Å². The number of rotatable bonds is 12. The van der Waals surface area contributed by atoms with Gasteiger partial charge in [-0.3, -0.25) is 19.2 Å². The van der Waals surface area contributed by atoms with Crippen LogP contribution in [0.5, 0.6) is 0 Å². The van der Waals surface area contributed by atoms with Crippen LogP contribution in [-0.4, -0.2) is 87.2 Å². The van der Waals surface area contributed by atoms with Crippen molar-refractivity contribution < 1.29 is 32.3 Å². The van der Waals surface area contributed by atoms with E-state index in [0.29, 0.717) is 36.9 Å². The smallest absolute Gasteiger partial charge is 0.344 e. The van der Waals surface area contributed by atoms with Crippen molar-refractivity contribution in [3.05, 3.63) is 95.3 Å². The van der Waals surface area contributed by atoms with Crippen LogP contribution in [0.4, 0.5) is 18.9 Å². The van der Waals surface area contributed by atoms with Gasteiger partial charge < -0.3 is 25.8 Å². The SMILES string of the molecule is CCC(=O)N[C@@H](C(=O)N1CCN(C)CC1)[C@@H](C)c1ccc(NC(=O)C(NC(=O)C(F)(F)c2cccc(C#N)c2)[Si](C)c2ccccc2)c(F)c1. The van der Waals surface area contributed by atoms with E-state index in [1.165, 1.54) is 24.3 Å². The Labute approximate surface area is 291 Å². The Hall–Kier alpha value is -5.00. The number of nitrogens with zero attached hydrogens (tertiary/aromatic N) is 3. The Morgan fingerprint density at radius 2 is 1.64 bits per heavy atom. The van der Waals surface area contributed by atoms with Crippen LogP contribution in [-0.2, 0) is 25.1 Å². The van der Waals surface area contributed by atoms with Crippen molar-refractivity contribution >= 4 is 43.3 Å². The number of hydrogen-bond acceptors (Lipinski definition) is 6. The first-order valence-electron chi connectivity index (χ1n) is 16.2. The first-order chi connectivity index (χ1) is 23.8. The van der Waals surface area contributed by atoms with Gasteiger partial charge in [0.2, 0.25) is 17.7 Å². The lowest BCUT2D eigenvalue weighted by Crippen LogP contribution is -2.59. The van der Waals surface area contributed by atoms with Crippen molar-refractivity contribution in [3.8, 4) is 6.07 Å². The van der Waals surface area contributed by atoms with Gasteiger partial charge in [-0.25, -0.2) is 4.39 Å². The van der Waals surface area contributed by atoms with Gasteiger partial charge in [-0.05, 0) is 36.9 Å². The molecular weight excluding hydrogens is 666 g/mol. The lowest BCUT2D eigenvalue weighted by Gasteiger charge is -2.36. The largest absolute Gasteiger partial charge is 0.349 e. The summed E-state index contributed by atoms with van der Waals surface area (Å²) in [6.45, 7) is 7.36. The summed E-state index contributed by atoms with van der Waals surface area (Å²) >= 11 is 0. The third-order valence-corrected chi connectivity index (χ3v) is 11.4. The lowest BCUT2D eigenvalue weighted by atomic mass is 9.91. The average Bonchev–Trinajstić information content (AvgIpc) is 3.13. The minimum atomic E-state index is -4.08. The minimum absolute atomic E-state index is 0.0650. The fourth-order valence-corrected chi connectivity index (χ4v) is 7.45. The molecule has 3 N–H and O–H groups in total. The molecule has 1 aliphatic heterocycles. The van der Waals surface area contributed by atoms with Crippen LogP contribution in [0, 0.1) is 17.1 Å². The maximum absolute atomic E-state index is 15.7. The number of carbonyl (C=O) groups is 4. The standard InChI is InChI=1S/C36H40F3N6O4Si/c1-5-30(46)42-31(34(48)45-18-16-44(3)17-19-45)23(2)25-14-15-29(28(37)21-25)41-32(47)33(50(4)27-12-7-6-8-13-27)43-35(49)36(38,39)26-11-9-10-24(20-26)22-40/h6-15,20-21,23,31,33H,5,16-19H2,1-4H3,(H,41,47)(H,42,46)(H,43,49)/t23-,31+,33?/m0/s1. The number of hydrogen-bond donors (Lipinski definition) is 3. The highest BCUT2D eigenvalue weighted by Crippen LogP contribution is 2.30. The predicted molar refractivity (Wildman–Crippen MR) is 184 cm³/mol. The Morgan fingerprint density at radius 1 is 0.960 bits per heavy atom. The molecule has 4 amide bonds. The Kier molecular flexibility index (Phi) is 12.6. The third kappa shape index (κ3) is 8.96. The first-order valence-corrected chi connectivity index (χ1v) is 18.3. The van der Waals surface area contributed by atoms with Crippen LogP contribution < -0.4 is 21.1 Å². The number of piperazine rings is 1. The molecule has 4 rings (SSSR count). The zero-order valence-electron chi connectivity index (χ0n) is 28.3. The van der Waals surface area contributed by atoms with Gasteiger partial charge in [0.05, 0.1) is 17.3 Å². The van der Waals surface area contributed by atoms with Crippen LogP contribution >= 0.6 is 0 Å². The highest BCUT2D eigenvalue weighted by atomic mass is 28.3.